The predicted octanol–water partition coefficient (Wildman–Crippen LogP) is 0.999. The van der Waals surface area contributed by atoms with Crippen molar-refractivity contribution in [3.63, 3.8) is 0 Å². The highest BCUT2D eigenvalue weighted by molar-refractivity contribution is 5.97. The van der Waals surface area contributed by atoms with Crippen LogP contribution in [0.4, 0.5) is 0 Å². The van der Waals surface area contributed by atoms with Gasteiger partial charge in [-0.05, 0) is 19.1 Å². The van der Waals surface area contributed by atoms with E-state index in [1.807, 2.05) is 0 Å². The molecule has 122 valence electrons. The minimum absolute atomic E-state index is 0.115. The fraction of sp³-hybridized carbons (Fsp3) is 0.312. The summed E-state index contributed by atoms with van der Waals surface area (Å²) in [7, 11) is 3.03. The molecule has 0 aliphatic rings. The Bertz CT molecular complexity index is 755. The molecule has 2 aromatic rings. The third-order valence-corrected chi connectivity index (χ3v) is 3.36. The Labute approximate surface area is 133 Å². The van der Waals surface area contributed by atoms with Crippen LogP contribution in [0, 0.1) is 6.92 Å². The number of aromatic nitrogens is 2. The van der Waals surface area contributed by atoms with Crippen molar-refractivity contribution in [2.45, 2.75) is 13.5 Å². The first-order chi connectivity index (χ1) is 11.1. The third-order valence-electron chi connectivity index (χ3n) is 3.36. The van der Waals surface area contributed by atoms with Crippen LogP contribution >= 0.6 is 0 Å². The van der Waals surface area contributed by atoms with Crippen LogP contribution in [0.2, 0.25) is 0 Å². The molecule has 1 N–H and O–H groups in total. The van der Waals surface area contributed by atoms with Gasteiger partial charge in [-0.25, -0.2) is 4.98 Å². The van der Waals surface area contributed by atoms with Crippen LogP contribution in [0.1, 0.15) is 15.9 Å². The average Bonchev–Trinajstić information content (AvgIpc) is 2.57. The maximum atomic E-state index is 12.2. The average molecular weight is 317 g/mol. The Hall–Kier alpha value is -2.83. The van der Waals surface area contributed by atoms with E-state index in [4.69, 9.17) is 9.47 Å². The zero-order valence-electron chi connectivity index (χ0n) is 13.3. The molecule has 23 heavy (non-hydrogen) atoms. The second-order valence-corrected chi connectivity index (χ2v) is 4.90. The maximum absolute atomic E-state index is 12.2. The molecule has 7 nitrogen and oxygen atoms in total. The molecule has 0 saturated heterocycles. The van der Waals surface area contributed by atoms with E-state index in [-0.39, 0.29) is 11.5 Å². The number of carbonyl (C=O) groups is 1. The third kappa shape index (κ3) is 3.88. The molecule has 0 aliphatic carbocycles. The molecule has 0 radical (unpaired) electrons. The standard InChI is InChI=1S/C16H19N3O4/c1-11-9-17-10-19(16(11)21)7-6-18-15(20)13-5-4-12(22-2)8-14(13)23-3/h4-5,8-10H,6-7H2,1-3H3,(H,18,20). The van der Waals surface area contributed by atoms with Crippen molar-refractivity contribution in [3.05, 3.63) is 52.2 Å². The summed E-state index contributed by atoms with van der Waals surface area (Å²) >= 11 is 0. The van der Waals surface area contributed by atoms with Crippen LogP contribution in [-0.4, -0.2) is 36.2 Å². The summed E-state index contributed by atoms with van der Waals surface area (Å²) in [6.45, 7) is 2.35. The molecule has 0 aliphatic heterocycles. The van der Waals surface area contributed by atoms with Crippen molar-refractivity contribution < 1.29 is 14.3 Å². The van der Waals surface area contributed by atoms with Gasteiger partial charge in [0.25, 0.3) is 11.5 Å². The molecule has 7 heteroatoms. The van der Waals surface area contributed by atoms with Gasteiger partial charge in [0.15, 0.2) is 0 Å². The van der Waals surface area contributed by atoms with Crippen molar-refractivity contribution in [1.29, 1.82) is 0 Å². The molecular weight excluding hydrogens is 298 g/mol. The van der Waals surface area contributed by atoms with E-state index in [9.17, 15) is 9.59 Å². The smallest absolute Gasteiger partial charge is 0.256 e. The van der Waals surface area contributed by atoms with Gasteiger partial charge in [0.05, 0.1) is 26.1 Å². The number of nitrogens with zero attached hydrogens (tertiary/aromatic N) is 2. The van der Waals surface area contributed by atoms with Gasteiger partial charge in [-0.15, -0.1) is 0 Å². The van der Waals surface area contributed by atoms with Gasteiger partial charge < -0.3 is 14.8 Å². The van der Waals surface area contributed by atoms with Crippen LogP contribution in [0.15, 0.2) is 35.5 Å². The maximum Gasteiger partial charge on any atom is 0.256 e. The summed E-state index contributed by atoms with van der Waals surface area (Å²) in [4.78, 5) is 28.1. The molecule has 1 aromatic carbocycles. The van der Waals surface area contributed by atoms with Gasteiger partial charge in [-0.1, -0.05) is 0 Å². The Morgan fingerprint density at radius 2 is 2.09 bits per heavy atom. The lowest BCUT2D eigenvalue weighted by molar-refractivity contribution is 0.0949. The molecule has 0 fully saturated rings. The van der Waals surface area contributed by atoms with E-state index in [0.717, 1.165) is 0 Å². The van der Waals surface area contributed by atoms with Gasteiger partial charge in [0, 0.05) is 30.9 Å². The number of amides is 1. The van der Waals surface area contributed by atoms with Gasteiger partial charge in [0.2, 0.25) is 0 Å². The molecule has 0 atom stereocenters. The molecule has 0 saturated carbocycles. The number of methoxy groups -OCH3 is 2. The number of benzene rings is 1. The summed E-state index contributed by atoms with van der Waals surface area (Å²) in [6, 6.07) is 4.96. The van der Waals surface area contributed by atoms with Crippen molar-refractivity contribution in [3.8, 4) is 11.5 Å². The van der Waals surface area contributed by atoms with E-state index in [0.29, 0.717) is 35.7 Å². The van der Waals surface area contributed by atoms with E-state index in [1.54, 1.807) is 32.2 Å². The number of carbonyl (C=O) groups excluding carboxylic acids is 1. The first kappa shape index (κ1) is 16.5. The highest BCUT2D eigenvalue weighted by Gasteiger charge is 2.13. The van der Waals surface area contributed by atoms with E-state index < -0.39 is 0 Å². The number of aryl methyl sites for hydroxylation is 1. The van der Waals surface area contributed by atoms with Crippen LogP contribution < -0.4 is 20.3 Å². The lowest BCUT2D eigenvalue weighted by Gasteiger charge is -2.11. The second-order valence-electron chi connectivity index (χ2n) is 4.90. The minimum Gasteiger partial charge on any atom is -0.497 e. The Morgan fingerprint density at radius 1 is 1.30 bits per heavy atom. The van der Waals surface area contributed by atoms with Gasteiger partial charge in [-0.2, -0.15) is 0 Å². The molecule has 2 rings (SSSR count). The summed E-state index contributed by atoms with van der Waals surface area (Å²) in [5.41, 5.74) is 0.856. The highest BCUT2D eigenvalue weighted by atomic mass is 16.5. The van der Waals surface area contributed by atoms with E-state index >= 15 is 0 Å². The zero-order valence-corrected chi connectivity index (χ0v) is 13.3. The summed E-state index contributed by atoms with van der Waals surface area (Å²) in [5.74, 6) is 0.755. The van der Waals surface area contributed by atoms with Crippen LogP contribution in [0.5, 0.6) is 11.5 Å². The van der Waals surface area contributed by atoms with Crippen LogP contribution in [0.25, 0.3) is 0 Å². The molecule has 0 unspecified atom stereocenters. The molecule has 1 amide bonds. The summed E-state index contributed by atoms with van der Waals surface area (Å²) in [5, 5.41) is 2.76. The number of rotatable bonds is 6. The molecule has 0 bridgehead atoms. The first-order valence-electron chi connectivity index (χ1n) is 7.08. The Kier molecular flexibility index (Phi) is 5.35. The number of hydrogen-bond donors (Lipinski definition) is 1. The van der Waals surface area contributed by atoms with Gasteiger partial charge >= 0.3 is 0 Å². The zero-order chi connectivity index (χ0) is 16.8. The predicted molar refractivity (Wildman–Crippen MR) is 85.1 cm³/mol. The topological polar surface area (TPSA) is 82.5 Å². The van der Waals surface area contributed by atoms with Crippen molar-refractivity contribution in [2.75, 3.05) is 20.8 Å². The quantitative estimate of drug-likeness (QED) is 0.859. The van der Waals surface area contributed by atoms with Crippen LogP contribution in [-0.2, 0) is 6.54 Å². The molecule has 0 spiro atoms. The second kappa shape index (κ2) is 7.44. The summed E-state index contributed by atoms with van der Waals surface area (Å²) in [6.07, 6.45) is 2.97. The molecule has 1 aromatic heterocycles. The molecule has 1 heterocycles. The number of ether oxygens (including phenoxy) is 2. The van der Waals surface area contributed by atoms with Gasteiger partial charge in [0.1, 0.15) is 11.5 Å². The summed E-state index contributed by atoms with van der Waals surface area (Å²) < 4.78 is 11.8. The number of nitrogens with one attached hydrogen (secondary N) is 1. The van der Waals surface area contributed by atoms with Gasteiger partial charge in [-0.3, -0.25) is 14.2 Å². The largest absolute Gasteiger partial charge is 0.497 e. The minimum atomic E-state index is -0.279. The highest BCUT2D eigenvalue weighted by Crippen LogP contribution is 2.24. The SMILES string of the molecule is COc1ccc(C(=O)NCCn2cncc(C)c2=O)c(OC)c1. The van der Waals surface area contributed by atoms with Crippen molar-refractivity contribution in [1.82, 2.24) is 14.9 Å². The molecular formula is C16H19N3O4. The fourth-order valence-corrected chi connectivity index (χ4v) is 2.09. The number of hydrogen-bond acceptors (Lipinski definition) is 5. The lowest BCUT2D eigenvalue weighted by Crippen LogP contribution is -2.31. The fourth-order valence-electron chi connectivity index (χ4n) is 2.09. The monoisotopic (exact) mass is 317 g/mol. The lowest BCUT2D eigenvalue weighted by atomic mass is 10.1. The van der Waals surface area contributed by atoms with E-state index in [1.165, 1.54) is 24.2 Å². The van der Waals surface area contributed by atoms with Crippen molar-refractivity contribution in [2.24, 2.45) is 0 Å². The Balaban J connectivity index is 2.02. The van der Waals surface area contributed by atoms with Crippen molar-refractivity contribution >= 4 is 5.91 Å². The normalized spacial score (nSPS) is 10.2. The first-order valence-corrected chi connectivity index (χ1v) is 7.08. The van der Waals surface area contributed by atoms with Crippen LogP contribution in [0.3, 0.4) is 0 Å². The van der Waals surface area contributed by atoms with E-state index in [2.05, 4.69) is 10.3 Å². The Morgan fingerprint density at radius 3 is 2.78 bits per heavy atom.